The van der Waals surface area contributed by atoms with Crippen molar-refractivity contribution >= 4 is 0 Å². The molecule has 0 radical (unpaired) electrons. The van der Waals surface area contributed by atoms with E-state index in [1.54, 1.807) is 14.2 Å². The van der Waals surface area contributed by atoms with E-state index in [1.165, 1.54) is 29.5 Å². The molecule has 2 heteroatoms. The summed E-state index contributed by atoms with van der Waals surface area (Å²) < 4.78 is 10.5. The third kappa shape index (κ3) is 3.21. The van der Waals surface area contributed by atoms with Gasteiger partial charge in [0.05, 0.1) is 14.2 Å². The zero-order chi connectivity index (χ0) is 14.7. The lowest BCUT2D eigenvalue weighted by molar-refractivity contribution is 0.410. The molecular formula is C19H22O2. The van der Waals surface area contributed by atoms with Gasteiger partial charge in [0, 0.05) is 0 Å². The fourth-order valence-corrected chi connectivity index (χ4v) is 3.20. The molecule has 0 saturated carbocycles. The van der Waals surface area contributed by atoms with E-state index < -0.39 is 0 Å². The molecule has 1 atom stereocenters. The predicted molar refractivity (Wildman–Crippen MR) is 85.2 cm³/mol. The molecule has 21 heavy (non-hydrogen) atoms. The van der Waals surface area contributed by atoms with Crippen LogP contribution in [0.3, 0.4) is 0 Å². The summed E-state index contributed by atoms with van der Waals surface area (Å²) in [7, 11) is 3.44. The molecule has 0 saturated heterocycles. The lowest BCUT2D eigenvalue weighted by Gasteiger charge is -2.25. The number of rotatable bonds is 4. The van der Waals surface area contributed by atoms with Crippen molar-refractivity contribution in [3.05, 3.63) is 59.2 Å². The first-order chi connectivity index (χ1) is 10.3. The highest BCUT2D eigenvalue weighted by Gasteiger charge is 2.19. The normalized spacial score (nSPS) is 17.1. The third-order valence-electron chi connectivity index (χ3n) is 4.43. The van der Waals surface area contributed by atoms with Gasteiger partial charge in [-0.15, -0.1) is 0 Å². The summed E-state index contributed by atoms with van der Waals surface area (Å²) >= 11 is 0. The van der Waals surface area contributed by atoms with Crippen molar-refractivity contribution in [2.45, 2.75) is 25.7 Å². The van der Waals surface area contributed by atoms with E-state index in [0.29, 0.717) is 0 Å². The summed E-state index contributed by atoms with van der Waals surface area (Å²) in [4.78, 5) is 0. The second kappa shape index (κ2) is 6.21. The molecule has 0 heterocycles. The Morgan fingerprint density at radius 3 is 2.33 bits per heavy atom. The number of fused-ring (bicyclic) bond motifs is 1. The molecule has 1 aliphatic carbocycles. The molecule has 110 valence electrons. The molecule has 1 aliphatic rings. The van der Waals surface area contributed by atoms with Crippen molar-refractivity contribution in [2.75, 3.05) is 14.2 Å². The van der Waals surface area contributed by atoms with Gasteiger partial charge in [0.15, 0.2) is 0 Å². The molecule has 2 nitrogen and oxygen atoms in total. The van der Waals surface area contributed by atoms with Crippen LogP contribution in [0.2, 0.25) is 0 Å². The predicted octanol–water partition coefficient (Wildman–Crippen LogP) is 4.05. The highest BCUT2D eigenvalue weighted by atomic mass is 16.5. The van der Waals surface area contributed by atoms with Gasteiger partial charge in [-0.25, -0.2) is 0 Å². The van der Waals surface area contributed by atoms with Gasteiger partial charge in [0.2, 0.25) is 0 Å². The number of hydrogen-bond donors (Lipinski definition) is 0. The SMILES string of the molecule is COc1ccc(CC2CCc3cc(OC)ccc3C2)cc1. The molecule has 2 aromatic carbocycles. The fraction of sp³-hybridized carbons (Fsp3) is 0.368. The highest BCUT2D eigenvalue weighted by Crippen LogP contribution is 2.30. The Morgan fingerprint density at radius 2 is 1.62 bits per heavy atom. The Hall–Kier alpha value is -1.96. The summed E-state index contributed by atoms with van der Waals surface area (Å²) in [6, 6.07) is 15.0. The Morgan fingerprint density at radius 1 is 0.905 bits per heavy atom. The van der Waals surface area contributed by atoms with Gasteiger partial charge in [-0.05, 0) is 72.6 Å². The summed E-state index contributed by atoms with van der Waals surface area (Å²) in [6.07, 6.45) is 4.74. The number of hydrogen-bond acceptors (Lipinski definition) is 2. The van der Waals surface area contributed by atoms with Crippen molar-refractivity contribution in [2.24, 2.45) is 5.92 Å². The Balaban J connectivity index is 1.68. The van der Waals surface area contributed by atoms with Crippen molar-refractivity contribution in [1.82, 2.24) is 0 Å². The van der Waals surface area contributed by atoms with E-state index in [4.69, 9.17) is 9.47 Å². The zero-order valence-electron chi connectivity index (χ0n) is 12.8. The quantitative estimate of drug-likeness (QED) is 0.842. The maximum Gasteiger partial charge on any atom is 0.119 e. The van der Waals surface area contributed by atoms with Crippen molar-refractivity contribution in [3.8, 4) is 11.5 Å². The first-order valence-electron chi connectivity index (χ1n) is 7.57. The Kier molecular flexibility index (Phi) is 4.14. The smallest absolute Gasteiger partial charge is 0.119 e. The number of ether oxygens (including phenoxy) is 2. The first-order valence-corrected chi connectivity index (χ1v) is 7.57. The van der Waals surface area contributed by atoms with Gasteiger partial charge >= 0.3 is 0 Å². The number of benzene rings is 2. The van der Waals surface area contributed by atoms with E-state index in [1.807, 2.05) is 0 Å². The molecule has 2 aromatic rings. The minimum atomic E-state index is 0.735. The van der Waals surface area contributed by atoms with Crippen LogP contribution in [0.25, 0.3) is 0 Å². The largest absolute Gasteiger partial charge is 0.497 e. The van der Waals surface area contributed by atoms with Crippen LogP contribution in [0.1, 0.15) is 23.1 Å². The van der Waals surface area contributed by atoms with E-state index >= 15 is 0 Å². The summed E-state index contributed by atoms with van der Waals surface area (Å²) in [5, 5.41) is 0. The van der Waals surface area contributed by atoms with Crippen LogP contribution in [-0.2, 0) is 19.3 Å². The Labute approximate surface area is 126 Å². The highest BCUT2D eigenvalue weighted by molar-refractivity contribution is 5.37. The molecule has 0 N–H and O–H groups in total. The Bertz CT molecular complexity index is 601. The lowest BCUT2D eigenvalue weighted by Crippen LogP contribution is -2.16. The van der Waals surface area contributed by atoms with Crippen LogP contribution < -0.4 is 9.47 Å². The minimum Gasteiger partial charge on any atom is -0.497 e. The fourth-order valence-electron chi connectivity index (χ4n) is 3.20. The second-order valence-corrected chi connectivity index (χ2v) is 5.80. The molecule has 3 rings (SSSR count). The zero-order valence-corrected chi connectivity index (χ0v) is 12.8. The molecule has 0 fully saturated rings. The van der Waals surface area contributed by atoms with Crippen LogP contribution in [0, 0.1) is 5.92 Å². The summed E-state index contributed by atoms with van der Waals surface area (Å²) in [5.41, 5.74) is 4.35. The maximum absolute atomic E-state index is 5.31. The summed E-state index contributed by atoms with van der Waals surface area (Å²) in [5.74, 6) is 2.64. The van der Waals surface area contributed by atoms with Gasteiger partial charge < -0.3 is 9.47 Å². The molecule has 0 aliphatic heterocycles. The molecule has 1 unspecified atom stereocenters. The van der Waals surface area contributed by atoms with Crippen molar-refractivity contribution < 1.29 is 9.47 Å². The van der Waals surface area contributed by atoms with E-state index in [2.05, 4.69) is 42.5 Å². The first kappa shape index (κ1) is 14.0. The van der Waals surface area contributed by atoms with Gasteiger partial charge in [0.25, 0.3) is 0 Å². The average Bonchev–Trinajstić information content (AvgIpc) is 2.55. The van der Waals surface area contributed by atoms with Gasteiger partial charge in [-0.3, -0.25) is 0 Å². The maximum atomic E-state index is 5.31. The van der Waals surface area contributed by atoms with E-state index in [0.717, 1.165) is 30.3 Å². The standard InChI is InChI=1S/C19H22O2/c1-20-18-8-4-14(5-9-18)11-15-3-6-17-13-19(21-2)10-7-16(17)12-15/h4-5,7-10,13,15H,3,6,11-12H2,1-2H3. The molecule has 0 aromatic heterocycles. The van der Waals surface area contributed by atoms with Gasteiger partial charge in [0.1, 0.15) is 11.5 Å². The third-order valence-corrected chi connectivity index (χ3v) is 4.43. The van der Waals surface area contributed by atoms with Crippen molar-refractivity contribution in [1.29, 1.82) is 0 Å². The molecule has 0 spiro atoms. The van der Waals surface area contributed by atoms with E-state index in [-0.39, 0.29) is 0 Å². The minimum absolute atomic E-state index is 0.735. The van der Waals surface area contributed by atoms with Gasteiger partial charge in [-0.2, -0.15) is 0 Å². The van der Waals surface area contributed by atoms with Crippen LogP contribution in [0.5, 0.6) is 11.5 Å². The lowest BCUT2D eigenvalue weighted by atomic mass is 9.81. The van der Waals surface area contributed by atoms with Gasteiger partial charge in [-0.1, -0.05) is 18.2 Å². The molecule has 0 bridgehead atoms. The van der Waals surface area contributed by atoms with Crippen molar-refractivity contribution in [3.63, 3.8) is 0 Å². The van der Waals surface area contributed by atoms with Crippen LogP contribution in [-0.4, -0.2) is 14.2 Å². The summed E-state index contributed by atoms with van der Waals surface area (Å²) in [6.45, 7) is 0. The molecular weight excluding hydrogens is 260 g/mol. The second-order valence-electron chi connectivity index (χ2n) is 5.80. The number of aryl methyl sites for hydroxylation is 1. The van der Waals surface area contributed by atoms with E-state index in [9.17, 15) is 0 Å². The van der Waals surface area contributed by atoms with Crippen LogP contribution in [0.4, 0.5) is 0 Å². The average molecular weight is 282 g/mol. The van der Waals surface area contributed by atoms with Crippen LogP contribution >= 0.6 is 0 Å². The topological polar surface area (TPSA) is 18.5 Å². The van der Waals surface area contributed by atoms with Crippen LogP contribution in [0.15, 0.2) is 42.5 Å². The monoisotopic (exact) mass is 282 g/mol. The number of methoxy groups -OCH3 is 2. The molecule has 0 amide bonds.